The average Bonchev–Trinajstić information content (AvgIpc) is 2.49. The van der Waals surface area contributed by atoms with E-state index in [1.165, 1.54) is 0 Å². The SMILES string of the molecule is C/C=C/c1noc2cc(N)ccc12. The van der Waals surface area contributed by atoms with Crippen molar-refractivity contribution in [2.75, 3.05) is 5.73 Å². The van der Waals surface area contributed by atoms with E-state index in [0.717, 1.165) is 16.7 Å². The van der Waals surface area contributed by atoms with E-state index >= 15 is 0 Å². The van der Waals surface area contributed by atoms with E-state index in [4.69, 9.17) is 10.3 Å². The lowest BCUT2D eigenvalue weighted by Crippen LogP contribution is -1.81. The number of nitrogens with two attached hydrogens (primary N) is 1. The fourth-order valence-electron chi connectivity index (χ4n) is 1.25. The zero-order valence-corrected chi connectivity index (χ0v) is 7.32. The summed E-state index contributed by atoms with van der Waals surface area (Å²) in [6.45, 7) is 1.94. The number of nitrogen functional groups attached to an aromatic ring is 1. The van der Waals surface area contributed by atoms with Crippen molar-refractivity contribution in [2.45, 2.75) is 6.92 Å². The molecule has 2 rings (SSSR count). The van der Waals surface area contributed by atoms with Gasteiger partial charge in [0.1, 0.15) is 5.69 Å². The highest BCUT2D eigenvalue weighted by Crippen LogP contribution is 2.21. The van der Waals surface area contributed by atoms with Gasteiger partial charge in [0.2, 0.25) is 0 Å². The Bertz CT molecular complexity index is 457. The van der Waals surface area contributed by atoms with Crippen LogP contribution in [0.5, 0.6) is 0 Å². The molecule has 2 N–H and O–H groups in total. The van der Waals surface area contributed by atoms with Crippen LogP contribution in [-0.4, -0.2) is 5.16 Å². The van der Waals surface area contributed by atoms with Crippen molar-refractivity contribution in [3.8, 4) is 0 Å². The van der Waals surface area contributed by atoms with E-state index in [1.807, 2.05) is 31.2 Å². The van der Waals surface area contributed by atoms with Gasteiger partial charge in [0.05, 0.1) is 0 Å². The van der Waals surface area contributed by atoms with Gasteiger partial charge in [-0.3, -0.25) is 0 Å². The van der Waals surface area contributed by atoms with Crippen LogP contribution in [0.2, 0.25) is 0 Å². The second-order valence-corrected chi connectivity index (χ2v) is 2.82. The highest BCUT2D eigenvalue weighted by Gasteiger charge is 2.04. The van der Waals surface area contributed by atoms with Crippen molar-refractivity contribution in [1.82, 2.24) is 5.16 Å². The topological polar surface area (TPSA) is 52.0 Å². The summed E-state index contributed by atoms with van der Waals surface area (Å²) in [5.41, 5.74) is 7.87. The first-order valence-electron chi connectivity index (χ1n) is 4.09. The molecule has 1 aromatic carbocycles. The number of rotatable bonds is 1. The van der Waals surface area contributed by atoms with Crippen LogP contribution >= 0.6 is 0 Å². The summed E-state index contributed by atoms with van der Waals surface area (Å²) in [5.74, 6) is 0. The molecule has 0 aliphatic rings. The third-order valence-corrected chi connectivity index (χ3v) is 1.85. The molecule has 0 spiro atoms. The molecule has 0 radical (unpaired) electrons. The Morgan fingerprint density at radius 2 is 2.31 bits per heavy atom. The Hall–Kier alpha value is -1.77. The molecule has 0 bridgehead atoms. The fourth-order valence-corrected chi connectivity index (χ4v) is 1.25. The summed E-state index contributed by atoms with van der Waals surface area (Å²) in [5, 5.41) is 4.90. The van der Waals surface area contributed by atoms with Gasteiger partial charge in [0, 0.05) is 17.1 Å². The first-order valence-corrected chi connectivity index (χ1v) is 4.09. The molecule has 3 heteroatoms. The standard InChI is InChI=1S/C10H10N2O/c1-2-3-9-8-5-4-7(11)6-10(8)13-12-9/h2-6H,11H2,1H3/b3-2+. The Morgan fingerprint density at radius 1 is 1.46 bits per heavy atom. The maximum atomic E-state index is 5.60. The molecule has 3 nitrogen and oxygen atoms in total. The van der Waals surface area contributed by atoms with Crippen LogP contribution in [0.4, 0.5) is 5.69 Å². The number of benzene rings is 1. The smallest absolute Gasteiger partial charge is 0.169 e. The molecule has 1 heterocycles. The van der Waals surface area contributed by atoms with Crippen LogP contribution in [-0.2, 0) is 0 Å². The van der Waals surface area contributed by atoms with Crippen LogP contribution in [0.3, 0.4) is 0 Å². The van der Waals surface area contributed by atoms with Gasteiger partial charge < -0.3 is 10.3 Å². The Morgan fingerprint density at radius 3 is 3.08 bits per heavy atom. The van der Waals surface area contributed by atoms with Crippen LogP contribution in [0.15, 0.2) is 28.8 Å². The van der Waals surface area contributed by atoms with Crippen LogP contribution < -0.4 is 5.73 Å². The van der Waals surface area contributed by atoms with E-state index in [1.54, 1.807) is 6.07 Å². The molecule has 0 amide bonds. The number of anilines is 1. The Labute approximate surface area is 75.8 Å². The van der Waals surface area contributed by atoms with E-state index in [-0.39, 0.29) is 0 Å². The van der Waals surface area contributed by atoms with Gasteiger partial charge in [-0.1, -0.05) is 11.2 Å². The molecule has 0 saturated carbocycles. The Kier molecular flexibility index (Phi) is 1.77. The first-order chi connectivity index (χ1) is 6.31. The number of hydrogen-bond acceptors (Lipinski definition) is 3. The second-order valence-electron chi connectivity index (χ2n) is 2.82. The van der Waals surface area contributed by atoms with Crippen LogP contribution in [0.25, 0.3) is 17.0 Å². The summed E-state index contributed by atoms with van der Waals surface area (Å²) in [4.78, 5) is 0. The van der Waals surface area contributed by atoms with Crippen LogP contribution in [0, 0.1) is 0 Å². The lowest BCUT2D eigenvalue weighted by Gasteiger charge is -1.90. The lowest BCUT2D eigenvalue weighted by molar-refractivity contribution is 0.454. The highest BCUT2D eigenvalue weighted by atomic mass is 16.5. The van der Waals surface area contributed by atoms with E-state index < -0.39 is 0 Å². The molecule has 1 aromatic heterocycles. The van der Waals surface area contributed by atoms with Gasteiger partial charge in [-0.05, 0) is 25.1 Å². The first kappa shape index (κ1) is 7.86. The number of aromatic nitrogens is 1. The van der Waals surface area contributed by atoms with E-state index in [9.17, 15) is 0 Å². The summed E-state index contributed by atoms with van der Waals surface area (Å²) < 4.78 is 5.10. The van der Waals surface area contributed by atoms with Gasteiger partial charge >= 0.3 is 0 Å². The molecule has 2 aromatic rings. The highest BCUT2D eigenvalue weighted by molar-refractivity contribution is 5.86. The minimum Gasteiger partial charge on any atom is -0.399 e. The number of hydrogen-bond donors (Lipinski definition) is 1. The van der Waals surface area contributed by atoms with E-state index in [0.29, 0.717) is 5.69 Å². The number of nitrogens with zero attached hydrogens (tertiary/aromatic N) is 1. The normalized spacial score (nSPS) is 11.5. The van der Waals surface area contributed by atoms with Crippen molar-refractivity contribution in [1.29, 1.82) is 0 Å². The molecule has 0 unspecified atom stereocenters. The maximum Gasteiger partial charge on any atom is 0.169 e. The molecule has 0 aliphatic heterocycles. The summed E-state index contributed by atoms with van der Waals surface area (Å²) in [6, 6.07) is 5.53. The van der Waals surface area contributed by atoms with Crippen molar-refractivity contribution in [2.24, 2.45) is 0 Å². The molecule has 0 atom stereocenters. The molecular weight excluding hydrogens is 164 g/mol. The summed E-state index contributed by atoms with van der Waals surface area (Å²) in [7, 11) is 0. The quantitative estimate of drug-likeness (QED) is 0.675. The summed E-state index contributed by atoms with van der Waals surface area (Å²) in [6.07, 6.45) is 3.83. The summed E-state index contributed by atoms with van der Waals surface area (Å²) >= 11 is 0. The monoisotopic (exact) mass is 174 g/mol. The van der Waals surface area contributed by atoms with Crippen molar-refractivity contribution in [3.63, 3.8) is 0 Å². The van der Waals surface area contributed by atoms with Gasteiger partial charge in [0.15, 0.2) is 5.58 Å². The predicted octanol–water partition coefficient (Wildman–Crippen LogP) is 2.44. The maximum absolute atomic E-state index is 5.60. The van der Waals surface area contributed by atoms with E-state index in [2.05, 4.69) is 5.16 Å². The average molecular weight is 174 g/mol. The second kappa shape index (κ2) is 2.94. The minimum atomic E-state index is 0.690. The van der Waals surface area contributed by atoms with Crippen molar-refractivity contribution < 1.29 is 4.52 Å². The predicted molar refractivity (Wildman–Crippen MR) is 53.1 cm³/mol. The van der Waals surface area contributed by atoms with Gasteiger partial charge in [-0.15, -0.1) is 0 Å². The van der Waals surface area contributed by atoms with Crippen molar-refractivity contribution >= 4 is 22.7 Å². The van der Waals surface area contributed by atoms with Gasteiger partial charge in [0.25, 0.3) is 0 Å². The molecule has 66 valence electrons. The zero-order chi connectivity index (χ0) is 9.26. The van der Waals surface area contributed by atoms with Crippen molar-refractivity contribution in [3.05, 3.63) is 30.0 Å². The third kappa shape index (κ3) is 1.28. The number of fused-ring (bicyclic) bond motifs is 1. The minimum absolute atomic E-state index is 0.690. The van der Waals surface area contributed by atoms with Gasteiger partial charge in [-0.2, -0.15) is 0 Å². The molecule has 0 saturated heterocycles. The fraction of sp³-hybridized carbons (Fsp3) is 0.100. The zero-order valence-electron chi connectivity index (χ0n) is 7.32. The molecule has 0 fully saturated rings. The van der Waals surface area contributed by atoms with Crippen LogP contribution in [0.1, 0.15) is 12.6 Å². The lowest BCUT2D eigenvalue weighted by atomic mass is 10.2. The molecule has 0 aliphatic carbocycles. The number of allylic oxidation sites excluding steroid dienone is 1. The largest absolute Gasteiger partial charge is 0.399 e. The Balaban J connectivity index is 2.68. The van der Waals surface area contributed by atoms with Gasteiger partial charge in [-0.25, -0.2) is 0 Å². The molecule has 13 heavy (non-hydrogen) atoms. The third-order valence-electron chi connectivity index (χ3n) is 1.85. The molecular formula is C10H10N2O.